The number of hydrogen-bond donors (Lipinski definition) is 0. The van der Waals surface area contributed by atoms with E-state index >= 15 is 0 Å². The molecule has 102 valence electrons. The molecule has 0 aliphatic carbocycles. The molecule has 0 amide bonds. The van der Waals surface area contributed by atoms with Crippen LogP contribution in [0.3, 0.4) is 0 Å². The molecule has 0 unspecified atom stereocenters. The summed E-state index contributed by atoms with van der Waals surface area (Å²) in [6, 6.07) is 7.81. The number of rotatable bonds is 7. The van der Waals surface area contributed by atoms with Crippen LogP contribution in [0.2, 0.25) is 0 Å². The molecule has 18 heavy (non-hydrogen) atoms. The lowest BCUT2D eigenvalue weighted by molar-refractivity contribution is 0.211. The number of hydrogen-bond acceptors (Lipinski definition) is 3. The van der Waals surface area contributed by atoms with Gasteiger partial charge in [-0.2, -0.15) is 0 Å². The molecule has 0 spiro atoms. The predicted octanol–water partition coefficient (Wildman–Crippen LogP) is 5.17. The first-order chi connectivity index (χ1) is 8.57. The second kappa shape index (κ2) is 7.44. The van der Waals surface area contributed by atoms with Crippen LogP contribution in [0.25, 0.3) is 0 Å². The lowest BCUT2D eigenvalue weighted by Crippen LogP contribution is -2.06. The first-order valence-electron chi connectivity index (χ1n) is 6.21. The molecule has 0 heterocycles. The van der Waals surface area contributed by atoms with E-state index in [4.69, 9.17) is 9.05 Å². The zero-order valence-electron chi connectivity index (χ0n) is 11.1. The molecule has 1 aromatic rings. The van der Waals surface area contributed by atoms with E-state index in [-0.39, 0.29) is 5.66 Å². The van der Waals surface area contributed by atoms with Gasteiger partial charge in [0.25, 0.3) is 0 Å². The minimum atomic E-state index is -3.09. The summed E-state index contributed by atoms with van der Waals surface area (Å²) in [6.45, 7) is 6.44. The van der Waals surface area contributed by atoms with E-state index in [1.807, 2.05) is 45.0 Å². The van der Waals surface area contributed by atoms with Gasteiger partial charge in [-0.25, -0.2) is 0 Å². The van der Waals surface area contributed by atoms with Crippen molar-refractivity contribution in [2.24, 2.45) is 0 Å². The van der Waals surface area contributed by atoms with Crippen molar-refractivity contribution in [1.29, 1.82) is 0 Å². The summed E-state index contributed by atoms with van der Waals surface area (Å²) in [5.41, 5.74) is 0.770. The van der Waals surface area contributed by atoms with E-state index in [2.05, 4.69) is 15.9 Å². The third kappa shape index (κ3) is 3.92. The molecule has 1 aromatic carbocycles. The average Bonchev–Trinajstić information content (AvgIpc) is 2.30. The molecule has 0 aromatic heterocycles. The molecule has 0 fully saturated rings. The third-order valence-corrected chi connectivity index (χ3v) is 5.78. The SMILES string of the molecule is CCOP(=O)(OCC)[C@H](CC)c1cccc(Br)c1. The van der Waals surface area contributed by atoms with Gasteiger partial charge in [0.1, 0.15) is 0 Å². The highest BCUT2D eigenvalue weighted by Crippen LogP contribution is 2.62. The summed E-state index contributed by atoms with van der Waals surface area (Å²) in [7, 11) is -3.09. The number of benzene rings is 1. The minimum absolute atomic E-state index is 0.213. The molecule has 0 aliphatic rings. The van der Waals surface area contributed by atoms with Crippen LogP contribution in [0, 0.1) is 0 Å². The van der Waals surface area contributed by atoms with E-state index in [0.29, 0.717) is 19.6 Å². The lowest BCUT2D eigenvalue weighted by Gasteiger charge is -2.25. The monoisotopic (exact) mass is 334 g/mol. The smallest absolute Gasteiger partial charge is 0.308 e. The molecule has 0 saturated heterocycles. The summed E-state index contributed by atoms with van der Waals surface area (Å²) < 4.78 is 24.6. The van der Waals surface area contributed by atoms with Crippen molar-refractivity contribution < 1.29 is 13.6 Å². The Morgan fingerprint density at radius 1 is 1.22 bits per heavy atom. The van der Waals surface area contributed by atoms with E-state index in [0.717, 1.165) is 10.0 Å². The molecule has 0 saturated carbocycles. The standard InChI is InChI=1S/C13H20BrO3P/c1-4-13(11-8-7-9-12(14)10-11)18(15,16-5-2)17-6-3/h7-10,13H,4-6H2,1-3H3/t13-/m1/s1. The normalized spacial score (nSPS) is 13.6. The van der Waals surface area contributed by atoms with Crippen molar-refractivity contribution in [3.05, 3.63) is 34.3 Å². The Balaban J connectivity index is 3.09. The van der Waals surface area contributed by atoms with Crippen molar-refractivity contribution in [3.63, 3.8) is 0 Å². The van der Waals surface area contributed by atoms with Crippen LogP contribution < -0.4 is 0 Å². The predicted molar refractivity (Wildman–Crippen MR) is 78.0 cm³/mol. The van der Waals surface area contributed by atoms with Gasteiger partial charge in [-0.1, -0.05) is 35.0 Å². The molecular formula is C13H20BrO3P. The fraction of sp³-hybridized carbons (Fsp3) is 0.538. The van der Waals surface area contributed by atoms with Gasteiger partial charge in [0, 0.05) is 4.47 Å². The van der Waals surface area contributed by atoms with Crippen LogP contribution in [0.4, 0.5) is 0 Å². The van der Waals surface area contributed by atoms with Crippen molar-refractivity contribution in [2.45, 2.75) is 32.9 Å². The quantitative estimate of drug-likeness (QED) is 0.645. The first kappa shape index (κ1) is 15.9. The second-order valence-corrected chi connectivity index (χ2v) is 6.99. The van der Waals surface area contributed by atoms with Gasteiger partial charge in [-0.3, -0.25) is 4.57 Å². The molecule has 0 N–H and O–H groups in total. The second-order valence-electron chi connectivity index (χ2n) is 3.85. The fourth-order valence-electron chi connectivity index (χ4n) is 1.93. The van der Waals surface area contributed by atoms with E-state index in [1.165, 1.54) is 0 Å². The highest BCUT2D eigenvalue weighted by atomic mass is 79.9. The maximum absolute atomic E-state index is 12.8. The highest BCUT2D eigenvalue weighted by molar-refractivity contribution is 9.10. The third-order valence-electron chi connectivity index (χ3n) is 2.62. The summed E-state index contributed by atoms with van der Waals surface area (Å²) >= 11 is 3.43. The van der Waals surface area contributed by atoms with E-state index in [9.17, 15) is 4.57 Å². The molecule has 0 radical (unpaired) electrons. The molecule has 0 bridgehead atoms. The van der Waals surface area contributed by atoms with Crippen LogP contribution >= 0.6 is 23.5 Å². The van der Waals surface area contributed by atoms with E-state index < -0.39 is 7.60 Å². The fourth-order valence-corrected chi connectivity index (χ4v) is 4.48. The maximum atomic E-state index is 12.8. The van der Waals surface area contributed by atoms with Crippen LogP contribution in [-0.2, 0) is 13.6 Å². The summed E-state index contributed by atoms with van der Waals surface area (Å²) in [4.78, 5) is 0. The van der Waals surface area contributed by atoms with Gasteiger partial charge in [0.2, 0.25) is 0 Å². The van der Waals surface area contributed by atoms with Crippen molar-refractivity contribution >= 4 is 23.5 Å². The largest absolute Gasteiger partial charge is 0.338 e. The number of halogens is 1. The molecule has 1 atom stereocenters. The van der Waals surface area contributed by atoms with Crippen molar-refractivity contribution in [3.8, 4) is 0 Å². The van der Waals surface area contributed by atoms with Crippen LogP contribution in [-0.4, -0.2) is 13.2 Å². The van der Waals surface area contributed by atoms with Gasteiger partial charge in [-0.15, -0.1) is 0 Å². The van der Waals surface area contributed by atoms with Crippen LogP contribution in [0.1, 0.15) is 38.4 Å². The zero-order valence-corrected chi connectivity index (χ0v) is 13.5. The molecule has 1 rings (SSSR count). The van der Waals surface area contributed by atoms with Crippen molar-refractivity contribution in [2.75, 3.05) is 13.2 Å². The summed E-state index contributed by atoms with van der Waals surface area (Å²) in [5, 5.41) is 0. The van der Waals surface area contributed by atoms with Gasteiger partial charge < -0.3 is 9.05 Å². The van der Waals surface area contributed by atoms with Crippen LogP contribution in [0.15, 0.2) is 28.7 Å². The van der Waals surface area contributed by atoms with Gasteiger partial charge in [0.15, 0.2) is 0 Å². The average molecular weight is 335 g/mol. The van der Waals surface area contributed by atoms with Gasteiger partial charge >= 0.3 is 7.60 Å². The molecule has 3 nitrogen and oxygen atoms in total. The Bertz CT molecular complexity index is 412. The Morgan fingerprint density at radius 3 is 2.28 bits per heavy atom. The Morgan fingerprint density at radius 2 is 1.83 bits per heavy atom. The Hall–Kier alpha value is -0.150. The maximum Gasteiger partial charge on any atom is 0.338 e. The molecule has 0 aliphatic heterocycles. The zero-order chi connectivity index (χ0) is 13.6. The topological polar surface area (TPSA) is 35.5 Å². The van der Waals surface area contributed by atoms with Gasteiger partial charge in [0.05, 0.1) is 18.9 Å². The van der Waals surface area contributed by atoms with Gasteiger partial charge in [-0.05, 0) is 38.0 Å². The summed E-state index contributed by atoms with van der Waals surface area (Å²) in [6.07, 6.45) is 0.716. The molecule has 5 heteroatoms. The Labute approximate surface area is 118 Å². The highest BCUT2D eigenvalue weighted by Gasteiger charge is 2.35. The minimum Gasteiger partial charge on any atom is -0.308 e. The van der Waals surface area contributed by atoms with Crippen LogP contribution in [0.5, 0.6) is 0 Å². The summed E-state index contributed by atoms with van der Waals surface area (Å²) in [5.74, 6) is 0. The van der Waals surface area contributed by atoms with Crippen molar-refractivity contribution in [1.82, 2.24) is 0 Å². The Kier molecular flexibility index (Phi) is 6.58. The first-order valence-corrected chi connectivity index (χ1v) is 8.62. The molecular weight excluding hydrogens is 315 g/mol. The van der Waals surface area contributed by atoms with E-state index in [1.54, 1.807) is 0 Å². The lowest BCUT2D eigenvalue weighted by atomic mass is 10.1.